The highest BCUT2D eigenvalue weighted by Gasteiger charge is 2.09. The zero-order valence-electron chi connectivity index (χ0n) is 13.0. The van der Waals surface area contributed by atoms with Crippen molar-refractivity contribution >= 4 is 0 Å². The molecule has 0 aliphatic heterocycles. The number of hydrogen-bond acceptors (Lipinski definition) is 4. The first-order valence-corrected chi connectivity index (χ1v) is 7.28. The number of ether oxygens (including phenoxy) is 2. The standard InChI is InChI=1S/C16H27NO3/c1-5-14(8-9-18)17-11-13-6-7-15(20-12(2)3)16(10-13)19-4/h6-7,10,12,14,17-18H,5,8-9,11H2,1-4H3. The van der Waals surface area contributed by atoms with Gasteiger partial charge in [-0.25, -0.2) is 0 Å². The smallest absolute Gasteiger partial charge is 0.161 e. The second kappa shape index (κ2) is 8.82. The summed E-state index contributed by atoms with van der Waals surface area (Å²) in [4.78, 5) is 0. The summed E-state index contributed by atoms with van der Waals surface area (Å²) in [7, 11) is 1.65. The molecule has 2 N–H and O–H groups in total. The fourth-order valence-electron chi connectivity index (χ4n) is 2.04. The number of benzene rings is 1. The van der Waals surface area contributed by atoms with E-state index >= 15 is 0 Å². The summed E-state index contributed by atoms with van der Waals surface area (Å²) in [6.07, 6.45) is 1.91. The van der Waals surface area contributed by atoms with Crippen molar-refractivity contribution in [3.05, 3.63) is 23.8 Å². The fraction of sp³-hybridized carbons (Fsp3) is 0.625. The van der Waals surface area contributed by atoms with E-state index in [0.29, 0.717) is 6.04 Å². The van der Waals surface area contributed by atoms with Gasteiger partial charge in [0.1, 0.15) is 0 Å². The van der Waals surface area contributed by atoms with Crippen LogP contribution < -0.4 is 14.8 Å². The van der Waals surface area contributed by atoms with Crippen LogP contribution in [0.15, 0.2) is 18.2 Å². The van der Waals surface area contributed by atoms with E-state index in [1.54, 1.807) is 7.11 Å². The molecule has 0 aliphatic carbocycles. The zero-order chi connectivity index (χ0) is 15.0. The van der Waals surface area contributed by atoms with E-state index in [0.717, 1.165) is 36.4 Å². The Hall–Kier alpha value is -1.26. The van der Waals surface area contributed by atoms with Crippen molar-refractivity contribution in [2.45, 2.75) is 52.3 Å². The van der Waals surface area contributed by atoms with Gasteiger partial charge in [-0.05, 0) is 44.4 Å². The van der Waals surface area contributed by atoms with Crippen molar-refractivity contribution in [3.63, 3.8) is 0 Å². The van der Waals surface area contributed by atoms with Gasteiger partial charge in [0.15, 0.2) is 11.5 Å². The molecule has 0 fully saturated rings. The third-order valence-electron chi connectivity index (χ3n) is 3.16. The van der Waals surface area contributed by atoms with Gasteiger partial charge in [0.05, 0.1) is 13.2 Å². The monoisotopic (exact) mass is 281 g/mol. The molecule has 0 radical (unpaired) electrons. The molecule has 0 amide bonds. The Balaban J connectivity index is 2.67. The highest BCUT2D eigenvalue weighted by Crippen LogP contribution is 2.29. The van der Waals surface area contributed by atoms with Crippen molar-refractivity contribution in [2.75, 3.05) is 13.7 Å². The van der Waals surface area contributed by atoms with Crippen LogP contribution in [0.2, 0.25) is 0 Å². The molecule has 4 heteroatoms. The minimum Gasteiger partial charge on any atom is -0.493 e. The van der Waals surface area contributed by atoms with Gasteiger partial charge >= 0.3 is 0 Å². The zero-order valence-corrected chi connectivity index (χ0v) is 13.0. The molecule has 0 aromatic heterocycles. The first-order chi connectivity index (χ1) is 9.60. The Bertz CT molecular complexity index is 393. The number of rotatable bonds is 9. The summed E-state index contributed by atoms with van der Waals surface area (Å²) in [5.74, 6) is 1.53. The maximum absolute atomic E-state index is 8.99. The molecule has 1 atom stereocenters. The highest BCUT2D eigenvalue weighted by atomic mass is 16.5. The van der Waals surface area contributed by atoms with Crippen LogP contribution in [0.5, 0.6) is 11.5 Å². The van der Waals surface area contributed by atoms with E-state index < -0.39 is 0 Å². The molecular formula is C16H27NO3. The maximum Gasteiger partial charge on any atom is 0.161 e. The molecule has 0 aliphatic rings. The van der Waals surface area contributed by atoms with Crippen LogP contribution in [0.25, 0.3) is 0 Å². The Morgan fingerprint density at radius 2 is 2.00 bits per heavy atom. The molecular weight excluding hydrogens is 254 g/mol. The van der Waals surface area contributed by atoms with E-state index in [1.165, 1.54) is 0 Å². The predicted molar refractivity (Wildman–Crippen MR) is 81.4 cm³/mol. The van der Waals surface area contributed by atoms with E-state index in [2.05, 4.69) is 12.2 Å². The number of aliphatic hydroxyl groups excluding tert-OH is 1. The summed E-state index contributed by atoms with van der Waals surface area (Å²) >= 11 is 0. The van der Waals surface area contributed by atoms with Crippen LogP contribution in [0.4, 0.5) is 0 Å². The first-order valence-electron chi connectivity index (χ1n) is 7.28. The van der Waals surface area contributed by atoms with E-state index in [4.69, 9.17) is 14.6 Å². The Morgan fingerprint density at radius 3 is 2.55 bits per heavy atom. The Labute approximate surface area is 122 Å². The predicted octanol–water partition coefficient (Wildman–Crippen LogP) is 2.73. The third-order valence-corrected chi connectivity index (χ3v) is 3.16. The first kappa shape index (κ1) is 16.8. The van der Waals surface area contributed by atoms with Crippen molar-refractivity contribution in [1.82, 2.24) is 5.32 Å². The number of aliphatic hydroxyl groups is 1. The minimum absolute atomic E-state index is 0.127. The maximum atomic E-state index is 8.99. The Morgan fingerprint density at radius 1 is 1.25 bits per heavy atom. The minimum atomic E-state index is 0.127. The lowest BCUT2D eigenvalue weighted by Crippen LogP contribution is -2.28. The van der Waals surface area contributed by atoms with Gasteiger partial charge < -0.3 is 19.9 Å². The summed E-state index contributed by atoms with van der Waals surface area (Å²) in [6.45, 7) is 7.09. The molecule has 1 unspecified atom stereocenters. The summed E-state index contributed by atoms with van der Waals surface area (Å²) in [5, 5.41) is 12.4. The summed E-state index contributed by atoms with van der Waals surface area (Å²) < 4.78 is 11.1. The van der Waals surface area contributed by atoms with Gasteiger partial charge in [0.2, 0.25) is 0 Å². The SMILES string of the molecule is CCC(CCO)NCc1ccc(OC(C)C)c(OC)c1. The molecule has 1 aromatic carbocycles. The van der Waals surface area contributed by atoms with Gasteiger partial charge in [0.25, 0.3) is 0 Å². The Kier molecular flexibility index (Phi) is 7.41. The third kappa shape index (κ3) is 5.39. The average Bonchev–Trinajstić information content (AvgIpc) is 2.44. The quantitative estimate of drug-likeness (QED) is 0.731. The van der Waals surface area contributed by atoms with E-state index in [-0.39, 0.29) is 12.7 Å². The lowest BCUT2D eigenvalue weighted by molar-refractivity contribution is 0.230. The lowest BCUT2D eigenvalue weighted by atomic mass is 10.1. The number of methoxy groups -OCH3 is 1. The molecule has 0 heterocycles. The van der Waals surface area contributed by atoms with Crippen LogP contribution in [0.1, 0.15) is 39.2 Å². The van der Waals surface area contributed by atoms with Gasteiger partial charge in [0, 0.05) is 19.2 Å². The molecule has 4 nitrogen and oxygen atoms in total. The van der Waals surface area contributed by atoms with Crippen molar-refractivity contribution < 1.29 is 14.6 Å². The fourth-order valence-corrected chi connectivity index (χ4v) is 2.04. The largest absolute Gasteiger partial charge is 0.493 e. The highest BCUT2D eigenvalue weighted by molar-refractivity contribution is 5.43. The van der Waals surface area contributed by atoms with Gasteiger partial charge in [-0.3, -0.25) is 0 Å². The van der Waals surface area contributed by atoms with Crippen LogP contribution in [-0.4, -0.2) is 31.0 Å². The molecule has 1 rings (SSSR count). The number of nitrogens with one attached hydrogen (secondary N) is 1. The second-order valence-corrected chi connectivity index (χ2v) is 5.15. The van der Waals surface area contributed by atoms with Gasteiger partial charge in [-0.1, -0.05) is 13.0 Å². The van der Waals surface area contributed by atoms with Crippen molar-refractivity contribution in [2.24, 2.45) is 0 Å². The topological polar surface area (TPSA) is 50.7 Å². The summed E-state index contributed by atoms with van der Waals surface area (Å²) in [5.41, 5.74) is 1.15. The van der Waals surface area contributed by atoms with Gasteiger partial charge in [-0.2, -0.15) is 0 Å². The van der Waals surface area contributed by atoms with Crippen LogP contribution in [-0.2, 0) is 6.54 Å². The summed E-state index contributed by atoms with van der Waals surface area (Å²) in [6, 6.07) is 6.33. The molecule has 1 aromatic rings. The van der Waals surface area contributed by atoms with E-state index in [1.807, 2.05) is 32.0 Å². The van der Waals surface area contributed by atoms with Crippen molar-refractivity contribution in [1.29, 1.82) is 0 Å². The van der Waals surface area contributed by atoms with Crippen molar-refractivity contribution in [3.8, 4) is 11.5 Å². The lowest BCUT2D eigenvalue weighted by Gasteiger charge is -2.17. The van der Waals surface area contributed by atoms with Crippen LogP contribution in [0.3, 0.4) is 0 Å². The molecule has 0 bridgehead atoms. The average molecular weight is 281 g/mol. The molecule has 0 spiro atoms. The second-order valence-electron chi connectivity index (χ2n) is 5.15. The van der Waals surface area contributed by atoms with Crippen LogP contribution in [0, 0.1) is 0 Å². The number of hydrogen-bond donors (Lipinski definition) is 2. The van der Waals surface area contributed by atoms with Crippen LogP contribution >= 0.6 is 0 Å². The molecule has 20 heavy (non-hydrogen) atoms. The van der Waals surface area contributed by atoms with Gasteiger partial charge in [-0.15, -0.1) is 0 Å². The molecule has 0 saturated carbocycles. The molecule has 114 valence electrons. The molecule has 0 saturated heterocycles. The van der Waals surface area contributed by atoms with E-state index in [9.17, 15) is 0 Å². The normalized spacial score (nSPS) is 12.5.